The largest absolute Gasteiger partial charge is 0.497 e. The molecule has 1 unspecified atom stereocenters. The Labute approximate surface area is 113 Å². The molecule has 104 valence electrons. The Morgan fingerprint density at radius 3 is 2.58 bits per heavy atom. The molecule has 5 heteroatoms. The molecule has 0 radical (unpaired) electrons. The molecule has 0 aliphatic carbocycles. The number of benzene rings is 1. The maximum Gasteiger partial charge on any atom is 0.320 e. The molecule has 1 fully saturated rings. The van der Waals surface area contributed by atoms with Crippen LogP contribution in [0.3, 0.4) is 0 Å². The van der Waals surface area contributed by atoms with Crippen molar-refractivity contribution in [2.75, 3.05) is 34.4 Å². The molecule has 1 aromatic carbocycles. The maximum absolute atomic E-state index is 12.1. The summed E-state index contributed by atoms with van der Waals surface area (Å²) < 4.78 is 10.7. The predicted octanol–water partition coefficient (Wildman–Crippen LogP) is 2.13. The van der Waals surface area contributed by atoms with Crippen LogP contribution in [0.25, 0.3) is 0 Å². The Bertz CT molecular complexity index is 476. The van der Waals surface area contributed by atoms with Crippen LogP contribution >= 0.6 is 0 Å². The van der Waals surface area contributed by atoms with Crippen LogP contribution in [0.15, 0.2) is 18.2 Å². The van der Waals surface area contributed by atoms with Crippen molar-refractivity contribution in [3.8, 4) is 11.5 Å². The fraction of sp³-hybridized carbons (Fsp3) is 0.500. The molecular weight excluding hydrogens is 244 g/mol. The van der Waals surface area contributed by atoms with Gasteiger partial charge in [-0.3, -0.25) is 0 Å². The molecule has 0 aromatic heterocycles. The lowest BCUT2D eigenvalue weighted by atomic mass is 10.0. The van der Waals surface area contributed by atoms with Gasteiger partial charge in [-0.1, -0.05) is 0 Å². The summed E-state index contributed by atoms with van der Waals surface area (Å²) >= 11 is 0. The van der Waals surface area contributed by atoms with Gasteiger partial charge in [0.05, 0.1) is 20.3 Å². The Morgan fingerprint density at radius 1 is 1.32 bits per heavy atom. The summed E-state index contributed by atoms with van der Waals surface area (Å²) in [6.07, 6.45) is 0. The van der Waals surface area contributed by atoms with E-state index < -0.39 is 0 Å². The molecule has 1 saturated heterocycles. The number of hydrogen-bond acceptors (Lipinski definition) is 3. The molecule has 1 aliphatic heterocycles. The van der Waals surface area contributed by atoms with E-state index in [1.54, 1.807) is 19.1 Å². The van der Waals surface area contributed by atoms with Gasteiger partial charge in [-0.15, -0.1) is 0 Å². The highest BCUT2D eigenvalue weighted by molar-refractivity contribution is 5.77. The Morgan fingerprint density at radius 2 is 2.05 bits per heavy atom. The van der Waals surface area contributed by atoms with Gasteiger partial charge in [0.15, 0.2) is 0 Å². The van der Waals surface area contributed by atoms with Crippen molar-refractivity contribution in [2.24, 2.45) is 0 Å². The monoisotopic (exact) mass is 264 g/mol. The Kier molecular flexibility index (Phi) is 3.83. The van der Waals surface area contributed by atoms with Crippen LogP contribution in [0.4, 0.5) is 4.79 Å². The Balaban J connectivity index is 2.38. The third-order valence-corrected chi connectivity index (χ3v) is 3.61. The minimum Gasteiger partial charge on any atom is -0.497 e. The molecule has 19 heavy (non-hydrogen) atoms. The number of methoxy groups -OCH3 is 2. The third kappa shape index (κ3) is 2.32. The maximum atomic E-state index is 12.1. The molecule has 0 N–H and O–H groups in total. The van der Waals surface area contributed by atoms with Crippen LogP contribution in [0.1, 0.15) is 18.5 Å². The van der Waals surface area contributed by atoms with Gasteiger partial charge in [0.2, 0.25) is 0 Å². The first kappa shape index (κ1) is 13.5. The zero-order valence-electron chi connectivity index (χ0n) is 11.8. The second kappa shape index (κ2) is 5.38. The van der Waals surface area contributed by atoms with Gasteiger partial charge < -0.3 is 19.3 Å². The summed E-state index contributed by atoms with van der Waals surface area (Å²) in [6, 6.07) is 5.72. The van der Waals surface area contributed by atoms with Gasteiger partial charge in [-0.05, 0) is 25.1 Å². The zero-order valence-corrected chi connectivity index (χ0v) is 11.8. The van der Waals surface area contributed by atoms with E-state index in [0.717, 1.165) is 17.1 Å². The summed E-state index contributed by atoms with van der Waals surface area (Å²) in [5.74, 6) is 1.55. The highest BCUT2D eigenvalue weighted by atomic mass is 16.5. The van der Waals surface area contributed by atoms with Crippen LogP contribution in [0.5, 0.6) is 11.5 Å². The number of urea groups is 1. The second-order valence-corrected chi connectivity index (χ2v) is 4.56. The molecule has 1 aliphatic rings. The van der Waals surface area contributed by atoms with Crippen molar-refractivity contribution in [1.29, 1.82) is 0 Å². The van der Waals surface area contributed by atoms with Crippen LogP contribution in [0, 0.1) is 0 Å². The normalized spacial score (nSPS) is 18.9. The fourth-order valence-corrected chi connectivity index (χ4v) is 2.44. The van der Waals surface area contributed by atoms with E-state index in [1.807, 2.05) is 37.1 Å². The number of carbonyl (C=O) groups excluding carboxylic acids is 1. The number of hydrogen-bond donors (Lipinski definition) is 0. The number of likely N-dealkylation sites (N-methyl/N-ethyl adjacent to an activating group) is 2. The lowest BCUT2D eigenvalue weighted by molar-refractivity contribution is 0.197. The first-order chi connectivity index (χ1) is 9.12. The Hall–Kier alpha value is -1.91. The van der Waals surface area contributed by atoms with Gasteiger partial charge in [0.1, 0.15) is 11.5 Å². The lowest BCUT2D eigenvalue weighted by Crippen LogP contribution is -2.29. The SMILES string of the molecule is CCN1CC(c2cc(OC)ccc2OC)N(C)C1=O. The van der Waals surface area contributed by atoms with Crippen molar-refractivity contribution in [1.82, 2.24) is 9.80 Å². The van der Waals surface area contributed by atoms with Gasteiger partial charge in [-0.2, -0.15) is 0 Å². The van der Waals surface area contributed by atoms with Crippen molar-refractivity contribution in [3.63, 3.8) is 0 Å². The quantitative estimate of drug-likeness (QED) is 0.836. The topological polar surface area (TPSA) is 42.0 Å². The number of amides is 2. The highest BCUT2D eigenvalue weighted by Gasteiger charge is 2.36. The average molecular weight is 264 g/mol. The summed E-state index contributed by atoms with van der Waals surface area (Å²) in [5, 5.41) is 0. The van der Waals surface area contributed by atoms with Crippen molar-refractivity contribution in [2.45, 2.75) is 13.0 Å². The molecule has 1 heterocycles. The molecule has 1 aromatic rings. The molecular formula is C14H20N2O3. The van der Waals surface area contributed by atoms with Crippen molar-refractivity contribution >= 4 is 6.03 Å². The standard InChI is InChI=1S/C14H20N2O3/c1-5-16-9-12(15(2)14(16)17)11-8-10(18-3)6-7-13(11)19-4/h6-8,12H,5,9H2,1-4H3. The van der Waals surface area contributed by atoms with E-state index in [9.17, 15) is 4.79 Å². The first-order valence-corrected chi connectivity index (χ1v) is 6.36. The average Bonchev–Trinajstić information content (AvgIpc) is 2.74. The van der Waals surface area contributed by atoms with E-state index in [2.05, 4.69) is 0 Å². The van der Waals surface area contributed by atoms with E-state index in [-0.39, 0.29) is 12.1 Å². The molecule has 2 amide bonds. The number of nitrogens with zero attached hydrogens (tertiary/aromatic N) is 2. The smallest absolute Gasteiger partial charge is 0.320 e. The molecule has 1 atom stereocenters. The van der Waals surface area contributed by atoms with Gasteiger partial charge >= 0.3 is 6.03 Å². The van der Waals surface area contributed by atoms with Crippen LogP contribution in [0.2, 0.25) is 0 Å². The summed E-state index contributed by atoms with van der Waals surface area (Å²) in [7, 11) is 5.09. The van der Waals surface area contributed by atoms with Gasteiger partial charge in [0.25, 0.3) is 0 Å². The minimum atomic E-state index is -0.00231. The first-order valence-electron chi connectivity index (χ1n) is 6.36. The van der Waals surface area contributed by atoms with E-state index >= 15 is 0 Å². The summed E-state index contributed by atoms with van der Waals surface area (Å²) in [4.78, 5) is 15.6. The van der Waals surface area contributed by atoms with E-state index in [0.29, 0.717) is 13.1 Å². The predicted molar refractivity (Wildman–Crippen MR) is 72.7 cm³/mol. The van der Waals surface area contributed by atoms with E-state index in [1.165, 1.54) is 0 Å². The van der Waals surface area contributed by atoms with Crippen LogP contribution in [-0.4, -0.2) is 50.2 Å². The minimum absolute atomic E-state index is 0.00231. The van der Waals surface area contributed by atoms with Crippen molar-refractivity contribution in [3.05, 3.63) is 23.8 Å². The van der Waals surface area contributed by atoms with Crippen LogP contribution in [-0.2, 0) is 0 Å². The van der Waals surface area contributed by atoms with Gasteiger partial charge in [-0.25, -0.2) is 4.79 Å². The lowest BCUT2D eigenvalue weighted by Gasteiger charge is -2.21. The van der Waals surface area contributed by atoms with E-state index in [4.69, 9.17) is 9.47 Å². The fourth-order valence-electron chi connectivity index (χ4n) is 2.44. The molecule has 2 rings (SSSR count). The molecule has 0 spiro atoms. The second-order valence-electron chi connectivity index (χ2n) is 4.56. The molecule has 0 bridgehead atoms. The van der Waals surface area contributed by atoms with Crippen molar-refractivity contribution < 1.29 is 14.3 Å². The van der Waals surface area contributed by atoms with Gasteiger partial charge in [0, 0.05) is 25.7 Å². The third-order valence-electron chi connectivity index (χ3n) is 3.61. The number of ether oxygens (including phenoxy) is 2. The van der Waals surface area contributed by atoms with Crippen LogP contribution < -0.4 is 9.47 Å². The highest BCUT2D eigenvalue weighted by Crippen LogP contribution is 2.36. The zero-order chi connectivity index (χ0) is 14.0. The summed E-state index contributed by atoms with van der Waals surface area (Å²) in [6.45, 7) is 3.37. The summed E-state index contributed by atoms with van der Waals surface area (Å²) in [5.41, 5.74) is 0.980. The number of carbonyl (C=O) groups is 1. The number of rotatable bonds is 4. The molecule has 0 saturated carbocycles. The molecule has 5 nitrogen and oxygen atoms in total.